The van der Waals surface area contributed by atoms with Crippen molar-refractivity contribution in [3.05, 3.63) is 161 Å². The first kappa shape index (κ1) is 89.6. The number of ether oxygens (including phenoxy) is 4. The number of carbonyl (C=O) groups is 8. The largest absolute Gasteiger partial charge is 0.491 e. The highest BCUT2D eigenvalue weighted by Gasteiger charge is 2.29. The molecule has 652 valence electrons. The van der Waals surface area contributed by atoms with Crippen LogP contribution in [0.25, 0.3) is 44.1 Å². The van der Waals surface area contributed by atoms with Crippen molar-refractivity contribution in [2.75, 3.05) is 113 Å². The topological polar surface area (TPSA) is 453 Å². The second-order valence-electron chi connectivity index (χ2n) is 29.1. The molecule has 10 N–H and O–H groups in total. The molecule has 14 rings (SSSR count). The maximum Gasteiger partial charge on any atom is 0.335 e. The average Bonchev–Trinajstić information content (AvgIpc) is 1.64. The predicted octanol–water partition coefficient (Wildman–Crippen LogP) is 11.2. The SMILES string of the molecule is CCc1nc(C)sc1C(=O)Nc1nc2cc(C(=O)O)cc(OCCCN3CCOCC3)c2n1C/C=C/Cn1c(NC(=O)c2cc(C)nn2CC)nc2cc(C(=O)O)cc(SC)c21.CCc1nc(C)sc1C(=O)Nc1nc2cc(C(N)=O)cc(OCCCN3CCOCC3)c2n1C/C=C/Cn1c(NC(=O)c2cc(C)nn2CC)nc2cc(C(N)=O)cc(SC)c21. The number of amides is 6. The maximum atomic E-state index is 13.9. The molecule has 2 aliphatic rings. The third-order valence-corrected chi connectivity index (χ3v) is 24.2. The fourth-order valence-electron chi connectivity index (χ4n) is 14.7. The number of nitrogens with one attached hydrogen (secondary N) is 4. The number of fused-ring (bicyclic) bond motifs is 4. The van der Waals surface area contributed by atoms with Crippen molar-refractivity contribution in [1.29, 1.82) is 0 Å². The maximum absolute atomic E-state index is 13.9. The summed E-state index contributed by atoms with van der Waals surface area (Å²) in [5.41, 5.74) is 19.5. The third-order valence-electron chi connectivity index (χ3n) is 20.6. The molecule has 124 heavy (non-hydrogen) atoms. The molecule has 40 heteroatoms. The van der Waals surface area contributed by atoms with Gasteiger partial charge in [-0.2, -0.15) is 10.2 Å². The summed E-state index contributed by atoms with van der Waals surface area (Å²) in [5, 5.41) is 42.1. The molecule has 2 fully saturated rings. The van der Waals surface area contributed by atoms with E-state index in [1.807, 2.05) is 94.4 Å². The minimum absolute atomic E-state index is 0.0144. The van der Waals surface area contributed by atoms with Crippen LogP contribution in [0.15, 0.2) is 94.8 Å². The van der Waals surface area contributed by atoms with Crippen LogP contribution in [0, 0.1) is 27.7 Å². The van der Waals surface area contributed by atoms with Crippen molar-refractivity contribution in [1.82, 2.24) is 77.5 Å². The fourth-order valence-corrected chi connectivity index (χ4v) is 17.9. The van der Waals surface area contributed by atoms with E-state index in [4.69, 9.17) is 50.4 Å². The zero-order chi connectivity index (χ0) is 88.2. The first-order chi connectivity index (χ1) is 59.8. The summed E-state index contributed by atoms with van der Waals surface area (Å²) in [6.07, 6.45) is 13.8. The second-order valence-corrected chi connectivity index (χ2v) is 33.2. The average molecular weight is 1770 g/mol. The lowest BCUT2D eigenvalue weighted by atomic mass is 10.1. The number of imidazole rings is 4. The van der Waals surface area contributed by atoms with Crippen molar-refractivity contribution in [3.8, 4) is 11.5 Å². The molecule has 0 radical (unpaired) electrons. The van der Waals surface area contributed by atoms with E-state index in [9.17, 15) is 48.6 Å². The number of carbonyl (C=O) groups excluding carboxylic acids is 6. The number of benzene rings is 4. The number of aryl methyl sites for hydroxylation is 8. The zero-order valence-corrected chi connectivity index (χ0v) is 73.6. The molecule has 4 aromatic carbocycles. The number of allylic oxidation sites excluding steroid dienone is 4. The number of anilines is 4. The van der Waals surface area contributed by atoms with Crippen molar-refractivity contribution in [2.45, 2.75) is 130 Å². The highest BCUT2D eigenvalue weighted by atomic mass is 32.2. The van der Waals surface area contributed by atoms with E-state index in [-0.39, 0.29) is 72.6 Å². The third kappa shape index (κ3) is 20.5. The number of thioether (sulfide) groups is 2. The molecule has 0 aliphatic carbocycles. The second kappa shape index (κ2) is 40.4. The molecule has 2 saturated heterocycles. The minimum atomic E-state index is -1.15. The van der Waals surface area contributed by atoms with E-state index in [0.717, 1.165) is 60.6 Å². The number of nitrogens with two attached hydrogens (primary N) is 2. The van der Waals surface area contributed by atoms with E-state index in [2.05, 4.69) is 51.2 Å². The Kier molecular flexibility index (Phi) is 29.2. The Morgan fingerprint density at radius 1 is 0.460 bits per heavy atom. The molecule has 0 atom stereocenters. The molecular weight excluding hydrogens is 1670 g/mol. The molecule has 6 amide bonds. The Balaban J connectivity index is 0.000000213. The number of rotatable bonds is 36. The lowest BCUT2D eigenvalue weighted by molar-refractivity contribution is 0.0357. The first-order valence-corrected chi connectivity index (χ1v) is 44.6. The summed E-state index contributed by atoms with van der Waals surface area (Å²) in [4.78, 5) is 139. The molecule has 2 aliphatic heterocycles. The van der Waals surface area contributed by atoms with Crippen LogP contribution in [0.1, 0.15) is 155 Å². The summed E-state index contributed by atoms with van der Waals surface area (Å²) in [6.45, 7) is 25.1. The van der Waals surface area contributed by atoms with Crippen LogP contribution in [0.2, 0.25) is 0 Å². The van der Waals surface area contributed by atoms with Crippen molar-refractivity contribution < 1.29 is 67.5 Å². The molecule has 10 heterocycles. The quantitative estimate of drug-likeness (QED) is 0.0103. The fraction of sp³-hybridized carbons (Fsp3) is 0.381. The summed E-state index contributed by atoms with van der Waals surface area (Å²) in [6, 6.07) is 15.9. The Labute approximate surface area is 729 Å². The van der Waals surface area contributed by atoms with Gasteiger partial charge in [0.2, 0.25) is 35.6 Å². The van der Waals surface area contributed by atoms with Crippen molar-refractivity contribution in [3.63, 3.8) is 0 Å². The smallest absolute Gasteiger partial charge is 0.335 e. The molecule has 0 unspecified atom stereocenters. The lowest BCUT2D eigenvalue weighted by Crippen LogP contribution is -2.37. The van der Waals surface area contributed by atoms with Gasteiger partial charge in [-0.25, -0.2) is 39.5 Å². The van der Waals surface area contributed by atoms with Crippen LogP contribution in [0.5, 0.6) is 11.5 Å². The summed E-state index contributed by atoms with van der Waals surface area (Å²) < 4.78 is 34.1. The molecule has 36 nitrogen and oxygen atoms in total. The van der Waals surface area contributed by atoms with E-state index in [0.29, 0.717) is 182 Å². The summed E-state index contributed by atoms with van der Waals surface area (Å²) >= 11 is 5.36. The van der Waals surface area contributed by atoms with E-state index in [1.54, 1.807) is 67.9 Å². The van der Waals surface area contributed by atoms with Gasteiger partial charge in [-0.05, 0) is 140 Å². The van der Waals surface area contributed by atoms with Crippen LogP contribution in [-0.2, 0) is 61.6 Å². The molecular formula is C84H98N22O14S4. The van der Waals surface area contributed by atoms with Gasteiger partial charge in [0.05, 0.1) is 117 Å². The number of hydrogen-bond acceptors (Lipinski definition) is 26. The number of primary amides is 2. The number of aromatic nitrogens is 14. The number of aromatic carboxylic acids is 2. The van der Waals surface area contributed by atoms with Gasteiger partial charge < -0.3 is 58.9 Å². The van der Waals surface area contributed by atoms with E-state index in [1.165, 1.54) is 64.4 Å². The highest BCUT2D eigenvalue weighted by molar-refractivity contribution is 7.99. The van der Waals surface area contributed by atoms with Gasteiger partial charge in [0, 0.05) is 99.5 Å². The van der Waals surface area contributed by atoms with Gasteiger partial charge in [-0.1, -0.05) is 38.2 Å². The zero-order valence-electron chi connectivity index (χ0n) is 70.4. The molecule has 0 saturated carbocycles. The van der Waals surface area contributed by atoms with Crippen molar-refractivity contribution >= 4 is 162 Å². The predicted molar refractivity (Wildman–Crippen MR) is 476 cm³/mol. The monoisotopic (exact) mass is 1770 g/mol. The minimum Gasteiger partial charge on any atom is -0.491 e. The number of hydrogen-bond donors (Lipinski definition) is 8. The van der Waals surface area contributed by atoms with Gasteiger partial charge in [-0.3, -0.25) is 69.2 Å². The van der Waals surface area contributed by atoms with Crippen molar-refractivity contribution in [2.24, 2.45) is 11.5 Å². The Hall–Kier alpha value is -12.2. The summed E-state index contributed by atoms with van der Waals surface area (Å²) in [7, 11) is 0. The number of carboxylic acids is 2. The van der Waals surface area contributed by atoms with Crippen LogP contribution < -0.4 is 42.2 Å². The van der Waals surface area contributed by atoms with Gasteiger partial charge in [-0.15, -0.1) is 46.2 Å². The van der Waals surface area contributed by atoms with Crippen LogP contribution in [-0.4, -0.2) is 227 Å². The van der Waals surface area contributed by atoms with Crippen LogP contribution in [0.3, 0.4) is 0 Å². The highest BCUT2D eigenvalue weighted by Crippen LogP contribution is 2.38. The Morgan fingerprint density at radius 3 is 1.15 bits per heavy atom. The lowest BCUT2D eigenvalue weighted by Gasteiger charge is -2.26. The van der Waals surface area contributed by atoms with Gasteiger partial charge in [0.25, 0.3) is 23.6 Å². The van der Waals surface area contributed by atoms with Crippen LogP contribution >= 0.6 is 46.2 Å². The number of carboxylic acid groups (broad SMARTS) is 2. The molecule has 8 aromatic heterocycles. The molecule has 0 spiro atoms. The number of nitrogens with zero attached hydrogens (tertiary/aromatic N) is 16. The van der Waals surface area contributed by atoms with E-state index < -0.39 is 41.5 Å². The normalized spacial score (nSPS) is 13.4. The summed E-state index contributed by atoms with van der Waals surface area (Å²) in [5.74, 6) is -3.50. The standard InChI is InChI=1S/C42H50N12O6S2.C42H48N10O8S2/c1-6-28-36(62-25(4)45-28)40(58)49-42-46-29-20-26(37(43)55)22-32(60-16-10-11-51-14-17-59-18-15-51)34(29)52(42)12-8-9-13-53-35-30(21-27(38(44)56)23-33(35)61-5)47-41(53)48-39(57)31-19-24(3)50-54(31)7-2;1-6-28-36(62-25(4)43-28)38(54)47-42-44-29-20-26(39(55)56)22-32(60-16-10-11-49-14-17-59-18-15-49)34(29)50(42)12-8-9-13-51-35-30(21-27(40(57)58)23-33(35)61-5)45-41(51)46-37(53)31-19-24(3)48-52(31)7-2/h8-9,19-23H,6-7,10-18H2,1-5H3,(H2,43,55)(H2,44,56)(H,46,49,58)(H,47,48,57);8-9,19-23H,6-7,10-18H2,1-5H3,(H,55,56)(H,57,58)(H,44,47,54)(H,45,46,53)/b2*9-8+. The number of thiazole rings is 2. The van der Waals surface area contributed by atoms with E-state index >= 15 is 0 Å². The van der Waals surface area contributed by atoms with Gasteiger partial charge >= 0.3 is 11.9 Å². The first-order valence-electron chi connectivity index (χ1n) is 40.5. The molecule has 12 aromatic rings. The molecule has 0 bridgehead atoms. The van der Waals surface area contributed by atoms with Gasteiger partial charge in [0.15, 0.2) is 0 Å². The Bertz CT molecular complexity index is 5750. The Morgan fingerprint density at radius 2 is 0.790 bits per heavy atom. The van der Waals surface area contributed by atoms with Crippen LogP contribution in [0.4, 0.5) is 23.8 Å². The van der Waals surface area contributed by atoms with Gasteiger partial charge in [0.1, 0.15) is 43.7 Å². The number of morpholine rings is 2.